The summed E-state index contributed by atoms with van der Waals surface area (Å²) in [6.07, 6.45) is 8.39. The van der Waals surface area contributed by atoms with Crippen molar-refractivity contribution < 1.29 is 4.74 Å². The van der Waals surface area contributed by atoms with E-state index in [-0.39, 0.29) is 0 Å². The molecule has 3 heteroatoms. The number of hydrogen-bond donors (Lipinski definition) is 1. The van der Waals surface area contributed by atoms with Crippen molar-refractivity contribution in [2.75, 3.05) is 32.8 Å². The molecule has 0 aromatic carbocycles. The van der Waals surface area contributed by atoms with Gasteiger partial charge in [0.05, 0.1) is 13.2 Å². The van der Waals surface area contributed by atoms with Crippen LogP contribution in [0, 0.1) is 5.92 Å². The van der Waals surface area contributed by atoms with E-state index >= 15 is 0 Å². The lowest BCUT2D eigenvalue weighted by Gasteiger charge is -2.40. The summed E-state index contributed by atoms with van der Waals surface area (Å²) >= 11 is 0. The minimum atomic E-state index is 0.637. The van der Waals surface area contributed by atoms with E-state index in [2.05, 4.69) is 24.1 Å². The van der Waals surface area contributed by atoms with Crippen LogP contribution in [0.3, 0.4) is 0 Å². The van der Waals surface area contributed by atoms with Gasteiger partial charge in [-0.3, -0.25) is 4.90 Å². The molecule has 0 aromatic rings. The molecule has 0 spiro atoms. The lowest BCUT2D eigenvalue weighted by Crippen LogP contribution is -2.53. The van der Waals surface area contributed by atoms with E-state index < -0.39 is 0 Å². The summed E-state index contributed by atoms with van der Waals surface area (Å²) in [6.45, 7) is 9.82. The molecule has 0 radical (unpaired) electrons. The maximum absolute atomic E-state index is 5.63. The topological polar surface area (TPSA) is 24.5 Å². The van der Waals surface area contributed by atoms with Gasteiger partial charge in [0.1, 0.15) is 0 Å². The number of hydrogen-bond acceptors (Lipinski definition) is 3. The maximum Gasteiger partial charge on any atom is 0.0622 e. The Labute approximate surface area is 119 Å². The zero-order chi connectivity index (χ0) is 13.5. The van der Waals surface area contributed by atoms with Gasteiger partial charge in [-0.1, -0.05) is 33.1 Å². The van der Waals surface area contributed by atoms with Crippen molar-refractivity contribution in [1.29, 1.82) is 0 Å². The van der Waals surface area contributed by atoms with E-state index in [1.165, 1.54) is 45.1 Å². The maximum atomic E-state index is 5.63. The van der Waals surface area contributed by atoms with Crippen molar-refractivity contribution in [2.45, 2.75) is 64.5 Å². The lowest BCUT2D eigenvalue weighted by atomic mass is 9.83. The van der Waals surface area contributed by atoms with E-state index in [9.17, 15) is 0 Å². The van der Waals surface area contributed by atoms with E-state index in [1.807, 2.05) is 0 Å². The second-order valence-electron chi connectivity index (χ2n) is 6.19. The molecule has 0 aromatic heterocycles. The predicted octanol–water partition coefficient (Wildman–Crippen LogP) is 2.66. The van der Waals surface area contributed by atoms with Crippen LogP contribution < -0.4 is 5.32 Å². The third kappa shape index (κ3) is 4.44. The first-order valence-electron chi connectivity index (χ1n) is 8.40. The molecule has 2 rings (SSSR count). The molecule has 0 amide bonds. The number of likely N-dealkylation sites (N-methyl/N-ethyl adjacent to an activating group) is 1. The van der Waals surface area contributed by atoms with E-state index in [0.717, 1.165) is 32.2 Å². The van der Waals surface area contributed by atoms with Crippen molar-refractivity contribution >= 4 is 0 Å². The molecule has 0 bridgehead atoms. The minimum absolute atomic E-state index is 0.637. The van der Waals surface area contributed by atoms with Crippen molar-refractivity contribution in [3.63, 3.8) is 0 Å². The van der Waals surface area contributed by atoms with E-state index in [0.29, 0.717) is 12.1 Å². The van der Waals surface area contributed by atoms with Gasteiger partial charge in [-0.25, -0.2) is 0 Å². The van der Waals surface area contributed by atoms with Crippen LogP contribution in [0.1, 0.15) is 52.4 Å². The molecule has 1 heterocycles. The van der Waals surface area contributed by atoms with Gasteiger partial charge in [0.2, 0.25) is 0 Å². The van der Waals surface area contributed by atoms with Gasteiger partial charge in [0.15, 0.2) is 0 Å². The van der Waals surface area contributed by atoms with Crippen LogP contribution in [-0.2, 0) is 4.74 Å². The van der Waals surface area contributed by atoms with E-state index in [4.69, 9.17) is 4.74 Å². The van der Waals surface area contributed by atoms with Gasteiger partial charge in [0, 0.05) is 25.2 Å². The molecule has 1 aliphatic heterocycles. The fourth-order valence-electron chi connectivity index (χ4n) is 3.74. The number of rotatable bonds is 6. The molecular formula is C16H32N2O. The summed E-state index contributed by atoms with van der Waals surface area (Å²) in [5, 5.41) is 3.76. The third-order valence-electron chi connectivity index (χ3n) is 4.94. The zero-order valence-corrected chi connectivity index (χ0v) is 12.9. The van der Waals surface area contributed by atoms with Crippen molar-refractivity contribution in [3.8, 4) is 0 Å². The SMILES string of the molecule is CCNC(CN1CCOCC1CC)C1CCCCC1. The lowest BCUT2D eigenvalue weighted by molar-refractivity contribution is -0.0164. The average molecular weight is 268 g/mol. The highest BCUT2D eigenvalue weighted by atomic mass is 16.5. The van der Waals surface area contributed by atoms with Crippen LogP contribution in [0.15, 0.2) is 0 Å². The van der Waals surface area contributed by atoms with Crippen LogP contribution in [0.25, 0.3) is 0 Å². The summed E-state index contributed by atoms with van der Waals surface area (Å²) in [5.41, 5.74) is 0. The van der Waals surface area contributed by atoms with Gasteiger partial charge < -0.3 is 10.1 Å². The molecule has 2 unspecified atom stereocenters. The number of nitrogens with zero attached hydrogens (tertiary/aromatic N) is 1. The Morgan fingerprint density at radius 2 is 2.00 bits per heavy atom. The second kappa shape index (κ2) is 8.23. The molecule has 2 aliphatic rings. The van der Waals surface area contributed by atoms with Crippen LogP contribution in [0.2, 0.25) is 0 Å². The number of morpholine rings is 1. The molecule has 3 nitrogen and oxygen atoms in total. The Morgan fingerprint density at radius 3 is 2.68 bits per heavy atom. The standard InChI is InChI=1S/C16H32N2O/c1-3-15-13-19-11-10-18(15)12-16(17-4-2)14-8-6-5-7-9-14/h14-17H,3-13H2,1-2H3. The Kier molecular flexibility index (Phi) is 6.62. The molecule has 1 saturated heterocycles. The fraction of sp³-hybridized carbons (Fsp3) is 1.00. The smallest absolute Gasteiger partial charge is 0.0622 e. The average Bonchev–Trinajstić information content (AvgIpc) is 2.48. The molecule has 19 heavy (non-hydrogen) atoms. The Morgan fingerprint density at radius 1 is 1.21 bits per heavy atom. The first kappa shape index (κ1) is 15.3. The summed E-state index contributed by atoms with van der Waals surface area (Å²) in [7, 11) is 0. The summed E-state index contributed by atoms with van der Waals surface area (Å²) in [6, 6.07) is 1.33. The minimum Gasteiger partial charge on any atom is -0.378 e. The summed E-state index contributed by atoms with van der Waals surface area (Å²) in [4.78, 5) is 2.67. The molecule has 2 atom stereocenters. The first-order chi connectivity index (χ1) is 9.35. The van der Waals surface area contributed by atoms with E-state index in [1.54, 1.807) is 0 Å². The quantitative estimate of drug-likeness (QED) is 0.801. The van der Waals surface area contributed by atoms with Crippen LogP contribution in [0.4, 0.5) is 0 Å². The number of nitrogens with one attached hydrogen (secondary N) is 1. The monoisotopic (exact) mass is 268 g/mol. The Balaban J connectivity index is 1.90. The molecule has 112 valence electrons. The normalized spacial score (nSPS) is 28.4. The summed E-state index contributed by atoms with van der Waals surface area (Å²) < 4.78 is 5.63. The van der Waals surface area contributed by atoms with Crippen LogP contribution in [0.5, 0.6) is 0 Å². The van der Waals surface area contributed by atoms with Gasteiger partial charge in [0.25, 0.3) is 0 Å². The molecule has 1 N–H and O–H groups in total. The molecular weight excluding hydrogens is 236 g/mol. The largest absolute Gasteiger partial charge is 0.378 e. The van der Waals surface area contributed by atoms with Gasteiger partial charge >= 0.3 is 0 Å². The summed E-state index contributed by atoms with van der Waals surface area (Å²) in [5.74, 6) is 0.897. The highest BCUT2D eigenvalue weighted by Gasteiger charge is 2.28. The van der Waals surface area contributed by atoms with Crippen molar-refractivity contribution in [2.24, 2.45) is 5.92 Å². The predicted molar refractivity (Wildman–Crippen MR) is 80.5 cm³/mol. The Hall–Kier alpha value is -0.120. The van der Waals surface area contributed by atoms with Crippen molar-refractivity contribution in [3.05, 3.63) is 0 Å². The van der Waals surface area contributed by atoms with Crippen LogP contribution in [-0.4, -0.2) is 49.8 Å². The highest BCUT2D eigenvalue weighted by Crippen LogP contribution is 2.27. The number of ether oxygens (including phenoxy) is 1. The molecule has 1 saturated carbocycles. The Bertz CT molecular complexity index is 241. The van der Waals surface area contributed by atoms with Gasteiger partial charge in [-0.2, -0.15) is 0 Å². The third-order valence-corrected chi connectivity index (χ3v) is 4.94. The second-order valence-corrected chi connectivity index (χ2v) is 6.19. The van der Waals surface area contributed by atoms with Crippen molar-refractivity contribution in [1.82, 2.24) is 10.2 Å². The first-order valence-corrected chi connectivity index (χ1v) is 8.40. The highest BCUT2D eigenvalue weighted by molar-refractivity contribution is 4.85. The molecule has 2 fully saturated rings. The zero-order valence-electron chi connectivity index (χ0n) is 12.9. The fourth-order valence-corrected chi connectivity index (χ4v) is 3.74. The van der Waals surface area contributed by atoms with Crippen LogP contribution >= 0.6 is 0 Å². The molecule has 1 aliphatic carbocycles. The van der Waals surface area contributed by atoms with Gasteiger partial charge in [-0.05, 0) is 31.7 Å². The van der Waals surface area contributed by atoms with Gasteiger partial charge in [-0.15, -0.1) is 0 Å².